The molecule has 0 saturated carbocycles. The number of nitrogens with two attached hydrogens (primary N) is 1. The second-order valence-corrected chi connectivity index (χ2v) is 5.64. The zero-order valence-electron chi connectivity index (χ0n) is 11.9. The predicted molar refractivity (Wildman–Crippen MR) is 82.5 cm³/mol. The molecule has 0 saturated heterocycles. The molecule has 0 amide bonds. The molecule has 1 aliphatic rings. The van der Waals surface area contributed by atoms with Crippen molar-refractivity contribution in [3.8, 4) is 0 Å². The minimum Gasteiger partial charge on any atom is -0.365 e. The Morgan fingerprint density at radius 1 is 1.15 bits per heavy atom. The smallest absolute Gasteiger partial charge is 0.0602 e. The third-order valence-electron chi connectivity index (χ3n) is 3.86. The van der Waals surface area contributed by atoms with Gasteiger partial charge in [-0.3, -0.25) is 4.98 Å². The van der Waals surface area contributed by atoms with E-state index in [2.05, 4.69) is 47.1 Å². The Morgan fingerprint density at radius 2 is 1.95 bits per heavy atom. The fraction of sp³-hybridized carbons (Fsp3) is 0.353. The fourth-order valence-electron chi connectivity index (χ4n) is 2.98. The Labute approximate surface area is 120 Å². The van der Waals surface area contributed by atoms with E-state index in [1.165, 1.54) is 17.7 Å². The van der Waals surface area contributed by atoms with Crippen LogP contribution < -0.4 is 10.6 Å². The molecule has 104 valence electrons. The summed E-state index contributed by atoms with van der Waals surface area (Å²) in [6, 6.07) is 14.8. The number of pyridine rings is 1. The van der Waals surface area contributed by atoms with Gasteiger partial charge in [0.15, 0.2) is 0 Å². The first-order valence-corrected chi connectivity index (χ1v) is 7.24. The van der Waals surface area contributed by atoms with Crippen molar-refractivity contribution in [2.75, 3.05) is 11.4 Å². The van der Waals surface area contributed by atoms with Crippen LogP contribution >= 0.6 is 0 Å². The lowest BCUT2D eigenvalue weighted by molar-refractivity contribution is 0.528. The normalized spacial score (nSPS) is 17.9. The zero-order chi connectivity index (χ0) is 13.9. The minimum absolute atomic E-state index is 0.501. The zero-order valence-corrected chi connectivity index (χ0v) is 11.9. The van der Waals surface area contributed by atoms with E-state index in [0.717, 1.165) is 24.5 Å². The lowest BCUT2D eigenvalue weighted by atomic mass is 9.94. The van der Waals surface area contributed by atoms with Crippen molar-refractivity contribution in [3.05, 3.63) is 59.4 Å². The summed E-state index contributed by atoms with van der Waals surface area (Å²) in [5.41, 5.74) is 10.5. The number of rotatable bonds is 3. The predicted octanol–water partition coefficient (Wildman–Crippen LogP) is 2.74. The maximum absolute atomic E-state index is 5.67. The lowest BCUT2D eigenvalue weighted by Gasteiger charge is -2.34. The van der Waals surface area contributed by atoms with Gasteiger partial charge in [0, 0.05) is 18.8 Å². The van der Waals surface area contributed by atoms with Gasteiger partial charge in [0.25, 0.3) is 0 Å². The lowest BCUT2D eigenvalue weighted by Crippen LogP contribution is -2.34. The third-order valence-corrected chi connectivity index (χ3v) is 3.86. The number of hydrogen-bond donors (Lipinski definition) is 1. The molecule has 20 heavy (non-hydrogen) atoms. The number of anilines is 1. The second kappa shape index (κ2) is 5.63. The highest BCUT2D eigenvalue weighted by Crippen LogP contribution is 2.30. The van der Waals surface area contributed by atoms with E-state index in [1.54, 1.807) is 0 Å². The first-order chi connectivity index (χ1) is 9.76. The molecule has 2 heterocycles. The quantitative estimate of drug-likeness (QED) is 0.929. The first-order valence-electron chi connectivity index (χ1n) is 7.24. The number of fused-ring (bicyclic) bond motifs is 1. The van der Waals surface area contributed by atoms with E-state index in [-0.39, 0.29) is 0 Å². The Balaban J connectivity index is 1.87. The summed E-state index contributed by atoms with van der Waals surface area (Å²) < 4.78 is 0. The van der Waals surface area contributed by atoms with Gasteiger partial charge in [-0.15, -0.1) is 0 Å². The molecular weight excluding hydrogens is 246 g/mol. The largest absolute Gasteiger partial charge is 0.365 e. The topological polar surface area (TPSA) is 42.1 Å². The Morgan fingerprint density at radius 3 is 2.80 bits per heavy atom. The molecule has 1 aromatic carbocycles. The molecule has 2 N–H and O–H groups in total. The van der Waals surface area contributed by atoms with Crippen LogP contribution in [0.2, 0.25) is 0 Å². The molecule has 1 unspecified atom stereocenters. The molecule has 0 aliphatic carbocycles. The van der Waals surface area contributed by atoms with Crippen LogP contribution in [0.3, 0.4) is 0 Å². The van der Waals surface area contributed by atoms with Crippen LogP contribution in [-0.2, 0) is 19.5 Å². The van der Waals surface area contributed by atoms with Gasteiger partial charge in [0.05, 0.1) is 17.9 Å². The molecule has 0 spiro atoms. The van der Waals surface area contributed by atoms with E-state index in [9.17, 15) is 0 Å². The van der Waals surface area contributed by atoms with Crippen LogP contribution in [0.1, 0.15) is 23.9 Å². The maximum Gasteiger partial charge on any atom is 0.0602 e. The van der Waals surface area contributed by atoms with Crippen LogP contribution in [0.15, 0.2) is 42.5 Å². The van der Waals surface area contributed by atoms with Crippen molar-refractivity contribution in [1.29, 1.82) is 0 Å². The third kappa shape index (κ3) is 2.68. The monoisotopic (exact) mass is 267 g/mol. The van der Waals surface area contributed by atoms with Crippen molar-refractivity contribution in [1.82, 2.24) is 4.98 Å². The molecule has 3 rings (SSSR count). The molecule has 0 bridgehead atoms. The number of hydrogen-bond acceptors (Lipinski definition) is 3. The van der Waals surface area contributed by atoms with Crippen LogP contribution in [0.25, 0.3) is 0 Å². The number of nitrogens with zero attached hydrogens (tertiary/aromatic N) is 2. The molecule has 3 nitrogen and oxygen atoms in total. The molecule has 3 heteroatoms. The van der Waals surface area contributed by atoms with E-state index in [4.69, 9.17) is 5.73 Å². The first kappa shape index (κ1) is 13.1. The van der Waals surface area contributed by atoms with E-state index in [0.29, 0.717) is 12.5 Å². The molecule has 1 atom stereocenters. The Hall–Kier alpha value is -1.87. The van der Waals surface area contributed by atoms with Gasteiger partial charge in [-0.1, -0.05) is 31.2 Å². The van der Waals surface area contributed by atoms with Gasteiger partial charge >= 0.3 is 0 Å². The molecule has 2 aromatic rings. The molecular formula is C17H21N3. The molecule has 0 fully saturated rings. The second-order valence-electron chi connectivity index (χ2n) is 5.64. The maximum atomic E-state index is 5.67. The van der Waals surface area contributed by atoms with Gasteiger partial charge in [0.2, 0.25) is 0 Å². The summed E-state index contributed by atoms with van der Waals surface area (Å²) in [7, 11) is 0. The fourth-order valence-corrected chi connectivity index (χ4v) is 2.98. The van der Waals surface area contributed by atoms with E-state index in [1.807, 2.05) is 12.1 Å². The van der Waals surface area contributed by atoms with Crippen molar-refractivity contribution >= 4 is 5.69 Å². The summed E-state index contributed by atoms with van der Waals surface area (Å²) in [6.45, 7) is 4.76. The number of para-hydroxylation sites is 1. The van der Waals surface area contributed by atoms with Gasteiger partial charge in [-0.25, -0.2) is 0 Å². The number of aromatic nitrogens is 1. The minimum atomic E-state index is 0.501. The highest BCUT2D eigenvalue weighted by atomic mass is 15.1. The van der Waals surface area contributed by atoms with Crippen LogP contribution in [0.5, 0.6) is 0 Å². The van der Waals surface area contributed by atoms with Crippen LogP contribution in [0, 0.1) is 5.92 Å². The van der Waals surface area contributed by atoms with Crippen LogP contribution in [-0.4, -0.2) is 11.5 Å². The summed E-state index contributed by atoms with van der Waals surface area (Å²) in [5.74, 6) is 0.683. The van der Waals surface area contributed by atoms with E-state index < -0.39 is 0 Å². The van der Waals surface area contributed by atoms with Crippen molar-refractivity contribution in [2.45, 2.75) is 26.4 Å². The van der Waals surface area contributed by atoms with E-state index >= 15 is 0 Å². The summed E-state index contributed by atoms with van der Waals surface area (Å²) in [6.07, 6.45) is 1.17. The molecule has 0 radical (unpaired) electrons. The van der Waals surface area contributed by atoms with Crippen molar-refractivity contribution < 1.29 is 0 Å². The van der Waals surface area contributed by atoms with Gasteiger partial charge in [0.1, 0.15) is 0 Å². The van der Waals surface area contributed by atoms with Gasteiger partial charge in [-0.05, 0) is 36.1 Å². The summed E-state index contributed by atoms with van der Waals surface area (Å²) in [5, 5.41) is 0. The molecule has 1 aromatic heterocycles. The highest BCUT2D eigenvalue weighted by Gasteiger charge is 2.21. The van der Waals surface area contributed by atoms with Crippen LogP contribution in [0.4, 0.5) is 5.69 Å². The Bertz CT molecular complexity index is 594. The van der Waals surface area contributed by atoms with Crippen molar-refractivity contribution in [3.63, 3.8) is 0 Å². The molecule has 1 aliphatic heterocycles. The van der Waals surface area contributed by atoms with Crippen molar-refractivity contribution in [2.24, 2.45) is 11.7 Å². The summed E-state index contributed by atoms with van der Waals surface area (Å²) >= 11 is 0. The van der Waals surface area contributed by atoms with Gasteiger partial charge < -0.3 is 10.6 Å². The SMILES string of the molecule is CC1Cc2ccccc2N(Cc2cccc(CN)n2)C1. The average Bonchev–Trinajstić information content (AvgIpc) is 2.47. The number of benzene rings is 1. The Kier molecular flexibility index (Phi) is 3.70. The average molecular weight is 267 g/mol. The van der Waals surface area contributed by atoms with Gasteiger partial charge in [-0.2, -0.15) is 0 Å². The summed E-state index contributed by atoms with van der Waals surface area (Å²) in [4.78, 5) is 7.05. The highest BCUT2D eigenvalue weighted by molar-refractivity contribution is 5.55. The standard InChI is InChI=1S/C17H21N3/c1-13-9-14-5-2-3-8-17(14)20(11-13)12-16-7-4-6-15(10-18)19-16/h2-8,13H,9-12,18H2,1H3.